The molecular weight excluding hydrogens is 266 g/mol. The number of likely N-dealkylation sites (N-methyl/N-ethyl adjacent to an activating group) is 1. The number of ether oxygens (including phenoxy) is 1. The number of methoxy groups -OCH3 is 1. The molecule has 0 bridgehead atoms. The smallest absolute Gasteiger partial charge is 0.241 e. The molecule has 0 unspecified atom stereocenters. The number of rotatable bonds is 6. The molecule has 5 nitrogen and oxygen atoms in total. The van der Waals surface area contributed by atoms with Gasteiger partial charge >= 0.3 is 0 Å². The van der Waals surface area contributed by atoms with Gasteiger partial charge in [-0.2, -0.15) is 0 Å². The Hall–Kier alpha value is -1.59. The van der Waals surface area contributed by atoms with Crippen molar-refractivity contribution in [1.29, 1.82) is 0 Å². The summed E-state index contributed by atoms with van der Waals surface area (Å²) in [7, 11) is 3.57. The van der Waals surface area contributed by atoms with Crippen LogP contribution in [-0.2, 0) is 16.1 Å². The number of aryl methyl sites for hydroxylation is 1. The molecule has 5 heteroatoms. The second-order valence-corrected chi connectivity index (χ2v) is 5.52. The third-order valence-electron chi connectivity index (χ3n) is 3.95. The highest BCUT2D eigenvalue weighted by Gasteiger charge is 2.21. The Morgan fingerprint density at radius 2 is 2.14 bits per heavy atom. The largest absolute Gasteiger partial charge is 0.383 e. The van der Waals surface area contributed by atoms with Gasteiger partial charge in [0, 0.05) is 46.0 Å². The molecule has 1 aliphatic heterocycles. The number of piperazine rings is 1. The molecule has 0 aromatic heterocycles. The first kappa shape index (κ1) is 15.8. The zero-order valence-corrected chi connectivity index (χ0v) is 13.2. The molecule has 1 aromatic carbocycles. The van der Waals surface area contributed by atoms with Crippen LogP contribution in [-0.4, -0.2) is 57.8 Å². The zero-order chi connectivity index (χ0) is 15.2. The summed E-state index contributed by atoms with van der Waals surface area (Å²) in [6, 6.07) is 6.43. The first-order valence-corrected chi connectivity index (χ1v) is 7.40. The normalized spacial score (nSPS) is 15.7. The fourth-order valence-electron chi connectivity index (χ4n) is 2.45. The molecule has 1 N–H and O–H groups in total. The van der Waals surface area contributed by atoms with Crippen LogP contribution in [0.3, 0.4) is 0 Å². The van der Waals surface area contributed by atoms with Gasteiger partial charge in [-0.1, -0.05) is 6.07 Å². The van der Waals surface area contributed by atoms with E-state index in [4.69, 9.17) is 4.74 Å². The first-order valence-electron chi connectivity index (χ1n) is 7.40. The van der Waals surface area contributed by atoms with E-state index in [1.165, 1.54) is 11.1 Å². The summed E-state index contributed by atoms with van der Waals surface area (Å²) < 4.78 is 5.02. The Morgan fingerprint density at radius 3 is 2.81 bits per heavy atom. The number of benzene rings is 1. The summed E-state index contributed by atoms with van der Waals surface area (Å²) in [4.78, 5) is 15.7. The van der Waals surface area contributed by atoms with Crippen molar-refractivity contribution >= 4 is 11.6 Å². The van der Waals surface area contributed by atoms with Gasteiger partial charge in [0.05, 0.1) is 13.2 Å². The number of carbonyl (C=O) groups is 1. The monoisotopic (exact) mass is 291 g/mol. The molecule has 1 saturated heterocycles. The molecular formula is C16H25N3O2. The quantitative estimate of drug-likeness (QED) is 0.795. The minimum Gasteiger partial charge on any atom is -0.383 e. The maximum Gasteiger partial charge on any atom is 0.241 e. The summed E-state index contributed by atoms with van der Waals surface area (Å²) >= 11 is 0. The average Bonchev–Trinajstić information content (AvgIpc) is 2.48. The average molecular weight is 291 g/mol. The first-order chi connectivity index (χ1) is 10.1. The molecule has 1 heterocycles. The molecule has 1 amide bonds. The van der Waals surface area contributed by atoms with Crippen LogP contribution in [0.1, 0.15) is 11.1 Å². The van der Waals surface area contributed by atoms with E-state index in [1.54, 1.807) is 12.0 Å². The van der Waals surface area contributed by atoms with Crippen LogP contribution < -0.4 is 10.2 Å². The lowest BCUT2D eigenvalue weighted by atomic mass is 10.1. The Kier molecular flexibility index (Phi) is 5.59. The van der Waals surface area contributed by atoms with E-state index in [0.717, 1.165) is 38.5 Å². The van der Waals surface area contributed by atoms with Gasteiger partial charge in [0.25, 0.3) is 0 Å². The van der Waals surface area contributed by atoms with Gasteiger partial charge in [0.1, 0.15) is 0 Å². The van der Waals surface area contributed by atoms with E-state index in [2.05, 4.69) is 35.3 Å². The molecule has 0 spiro atoms. The van der Waals surface area contributed by atoms with Crippen LogP contribution in [0.15, 0.2) is 18.2 Å². The highest BCUT2D eigenvalue weighted by Crippen LogP contribution is 2.20. The van der Waals surface area contributed by atoms with Crippen molar-refractivity contribution in [3.8, 4) is 0 Å². The summed E-state index contributed by atoms with van der Waals surface area (Å²) in [5.74, 6) is 0.184. The minimum atomic E-state index is 0.184. The number of hydrogen-bond acceptors (Lipinski definition) is 4. The van der Waals surface area contributed by atoms with Crippen LogP contribution in [0, 0.1) is 6.92 Å². The van der Waals surface area contributed by atoms with Crippen molar-refractivity contribution in [3.05, 3.63) is 29.3 Å². The topological polar surface area (TPSA) is 44.8 Å². The maximum atomic E-state index is 11.8. The van der Waals surface area contributed by atoms with E-state index >= 15 is 0 Å². The zero-order valence-electron chi connectivity index (χ0n) is 13.2. The second kappa shape index (κ2) is 7.43. The van der Waals surface area contributed by atoms with E-state index < -0.39 is 0 Å². The van der Waals surface area contributed by atoms with Crippen molar-refractivity contribution in [1.82, 2.24) is 10.2 Å². The van der Waals surface area contributed by atoms with Crippen LogP contribution in [0.4, 0.5) is 5.69 Å². The number of nitrogens with zero attached hydrogens (tertiary/aromatic N) is 2. The van der Waals surface area contributed by atoms with Crippen molar-refractivity contribution in [2.45, 2.75) is 13.5 Å². The van der Waals surface area contributed by atoms with Crippen molar-refractivity contribution in [2.75, 3.05) is 51.8 Å². The molecule has 0 atom stereocenters. The number of hydrogen-bond donors (Lipinski definition) is 1. The molecule has 21 heavy (non-hydrogen) atoms. The number of amides is 1. The van der Waals surface area contributed by atoms with Gasteiger partial charge in [-0.15, -0.1) is 0 Å². The standard InChI is InChI=1S/C16H25N3O2/c1-13-10-15(19-8-7-18(2)16(20)12-19)5-4-14(13)11-17-6-9-21-3/h4-5,10,17H,6-9,11-12H2,1-3H3. The van der Waals surface area contributed by atoms with E-state index in [9.17, 15) is 4.79 Å². The van der Waals surface area contributed by atoms with Gasteiger partial charge in [-0.3, -0.25) is 4.79 Å². The molecule has 1 fully saturated rings. The second-order valence-electron chi connectivity index (χ2n) is 5.52. The predicted octanol–water partition coefficient (Wildman–Crippen LogP) is 1.01. The van der Waals surface area contributed by atoms with Gasteiger partial charge in [0.2, 0.25) is 5.91 Å². The molecule has 0 saturated carbocycles. The molecule has 0 radical (unpaired) electrons. The van der Waals surface area contributed by atoms with Crippen LogP contribution in [0.2, 0.25) is 0 Å². The molecule has 1 aromatic rings. The summed E-state index contributed by atoms with van der Waals surface area (Å²) in [6.45, 7) is 6.70. The van der Waals surface area contributed by atoms with Crippen LogP contribution in [0.5, 0.6) is 0 Å². The SMILES string of the molecule is COCCNCc1ccc(N2CCN(C)C(=O)C2)cc1C. The molecule has 2 rings (SSSR count). The Labute approximate surface area is 126 Å². The fraction of sp³-hybridized carbons (Fsp3) is 0.562. The third-order valence-corrected chi connectivity index (χ3v) is 3.95. The van der Waals surface area contributed by atoms with Gasteiger partial charge in [0.15, 0.2) is 0 Å². The van der Waals surface area contributed by atoms with E-state index in [1.807, 2.05) is 7.05 Å². The lowest BCUT2D eigenvalue weighted by Gasteiger charge is -2.33. The van der Waals surface area contributed by atoms with Crippen molar-refractivity contribution in [2.24, 2.45) is 0 Å². The predicted molar refractivity (Wildman–Crippen MR) is 84.6 cm³/mol. The molecule has 116 valence electrons. The number of anilines is 1. The molecule has 0 aliphatic carbocycles. The van der Waals surface area contributed by atoms with Crippen molar-refractivity contribution in [3.63, 3.8) is 0 Å². The Balaban J connectivity index is 1.97. The van der Waals surface area contributed by atoms with Crippen molar-refractivity contribution < 1.29 is 9.53 Å². The third kappa shape index (κ3) is 4.19. The Bertz CT molecular complexity index is 490. The highest BCUT2D eigenvalue weighted by atomic mass is 16.5. The van der Waals surface area contributed by atoms with E-state index in [-0.39, 0.29) is 5.91 Å². The summed E-state index contributed by atoms with van der Waals surface area (Å²) in [5.41, 5.74) is 3.67. The van der Waals surface area contributed by atoms with Gasteiger partial charge < -0.3 is 19.9 Å². The van der Waals surface area contributed by atoms with Gasteiger partial charge in [-0.25, -0.2) is 0 Å². The van der Waals surface area contributed by atoms with Gasteiger partial charge in [-0.05, 0) is 30.2 Å². The van der Waals surface area contributed by atoms with E-state index in [0.29, 0.717) is 6.54 Å². The number of carbonyl (C=O) groups excluding carboxylic acids is 1. The molecule has 1 aliphatic rings. The number of nitrogens with one attached hydrogen (secondary N) is 1. The Morgan fingerprint density at radius 1 is 1.33 bits per heavy atom. The summed E-state index contributed by atoms with van der Waals surface area (Å²) in [6.07, 6.45) is 0. The van der Waals surface area contributed by atoms with Crippen LogP contribution >= 0.6 is 0 Å². The lowest BCUT2D eigenvalue weighted by molar-refractivity contribution is -0.129. The summed E-state index contributed by atoms with van der Waals surface area (Å²) in [5, 5.41) is 3.36. The van der Waals surface area contributed by atoms with Crippen LogP contribution in [0.25, 0.3) is 0 Å². The fourth-order valence-corrected chi connectivity index (χ4v) is 2.45. The minimum absolute atomic E-state index is 0.184. The highest BCUT2D eigenvalue weighted by molar-refractivity contribution is 5.82. The maximum absolute atomic E-state index is 11.8. The lowest BCUT2D eigenvalue weighted by Crippen LogP contribution is -2.48.